The van der Waals surface area contributed by atoms with E-state index in [0.29, 0.717) is 12.0 Å². The fraction of sp³-hybridized carbons (Fsp3) is 0.500. The maximum absolute atomic E-state index is 12.5. The highest BCUT2D eigenvalue weighted by Gasteiger charge is 2.28. The number of hydrogen-bond donors (Lipinski definition) is 0. The monoisotopic (exact) mass is 315 g/mol. The Morgan fingerprint density at radius 1 is 1.40 bits per heavy atom. The third-order valence-corrected chi connectivity index (χ3v) is 5.27. The summed E-state index contributed by atoms with van der Waals surface area (Å²) >= 11 is 0. The number of benzene rings is 1. The second kappa shape index (κ2) is 5.74. The summed E-state index contributed by atoms with van der Waals surface area (Å²) in [5.41, 5.74) is 1.27. The second-order valence-corrected chi connectivity index (χ2v) is 7.68. The summed E-state index contributed by atoms with van der Waals surface area (Å²) in [4.78, 5) is 14.2. The largest absolute Gasteiger partial charge is 0.339 e. The molecule has 1 aromatic carbocycles. The maximum atomic E-state index is 12.5. The molecule has 1 saturated carbocycles. The van der Waals surface area contributed by atoms with Crippen LogP contribution < -0.4 is 0 Å². The minimum Gasteiger partial charge on any atom is -0.339 e. The van der Waals surface area contributed by atoms with Crippen LogP contribution in [0.3, 0.4) is 0 Å². The van der Waals surface area contributed by atoms with E-state index in [4.69, 9.17) is 10.7 Å². The first kappa shape index (κ1) is 15.3. The molecule has 20 heavy (non-hydrogen) atoms. The van der Waals surface area contributed by atoms with Gasteiger partial charge in [0.1, 0.15) is 0 Å². The number of amides is 1. The van der Waals surface area contributed by atoms with Crippen molar-refractivity contribution in [2.45, 2.75) is 43.5 Å². The molecular weight excluding hydrogens is 298 g/mol. The van der Waals surface area contributed by atoms with Crippen LogP contribution in [0.25, 0.3) is 0 Å². The molecule has 0 radical (unpaired) electrons. The molecule has 110 valence electrons. The summed E-state index contributed by atoms with van der Waals surface area (Å²) in [5, 5.41) is 0. The van der Waals surface area contributed by atoms with Crippen LogP contribution in [0, 0.1) is 0 Å². The average Bonchev–Trinajstić information content (AvgIpc) is 2.33. The van der Waals surface area contributed by atoms with E-state index in [9.17, 15) is 13.2 Å². The van der Waals surface area contributed by atoms with Crippen molar-refractivity contribution >= 4 is 25.6 Å². The van der Waals surface area contributed by atoms with Crippen LogP contribution in [0.1, 0.15) is 42.1 Å². The number of carbonyl (C=O) groups excluding carboxylic acids is 1. The Kier molecular flexibility index (Phi) is 4.39. The van der Waals surface area contributed by atoms with Gasteiger partial charge in [-0.25, -0.2) is 8.42 Å². The molecule has 0 N–H and O–H groups in total. The Balaban J connectivity index is 2.39. The molecule has 6 heteroatoms. The van der Waals surface area contributed by atoms with Crippen LogP contribution in [0.2, 0.25) is 0 Å². The van der Waals surface area contributed by atoms with Crippen molar-refractivity contribution in [2.75, 3.05) is 7.05 Å². The fourth-order valence-corrected chi connectivity index (χ4v) is 3.12. The van der Waals surface area contributed by atoms with Gasteiger partial charge in [-0.1, -0.05) is 13.0 Å². The molecule has 0 bridgehead atoms. The fourth-order valence-electron chi connectivity index (χ4n) is 2.34. The molecule has 0 heterocycles. The second-order valence-electron chi connectivity index (χ2n) is 5.11. The third-order valence-electron chi connectivity index (χ3n) is 3.92. The normalized spacial score (nSPS) is 15.8. The zero-order chi connectivity index (χ0) is 14.9. The molecule has 1 fully saturated rings. The quantitative estimate of drug-likeness (QED) is 0.803. The summed E-state index contributed by atoms with van der Waals surface area (Å²) in [7, 11) is 3.31. The molecule has 4 nitrogen and oxygen atoms in total. The van der Waals surface area contributed by atoms with Crippen LogP contribution >= 0.6 is 10.7 Å². The molecule has 0 aromatic heterocycles. The lowest BCUT2D eigenvalue weighted by molar-refractivity contribution is 0.0650. The van der Waals surface area contributed by atoms with Crippen molar-refractivity contribution in [3.8, 4) is 0 Å². The molecule has 1 aromatic rings. The van der Waals surface area contributed by atoms with Gasteiger partial charge in [-0.3, -0.25) is 4.79 Å². The Labute approximate surface area is 124 Å². The number of carbonyl (C=O) groups is 1. The molecule has 1 amide bonds. The van der Waals surface area contributed by atoms with Crippen molar-refractivity contribution in [1.29, 1.82) is 0 Å². The summed E-state index contributed by atoms with van der Waals surface area (Å²) in [6.45, 7) is 1.93. The minimum atomic E-state index is -3.82. The molecule has 0 spiro atoms. The maximum Gasteiger partial charge on any atom is 0.261 e. The Bertz CT molecular complexity index is 623. The van der Waals surface area contributed by atoms with Gasteiger partial charge < -0.3 is 4.90 Å². The van der Waals surface area contributed by atoms with Gasteiger partial charge in [0, 0.05) is 29.3 Å². The molecule has 0 atom stereocenters. The molecular formula is C14H18ClNO3S. The van der Waals surface area contributed by atoms with Gasteiger partial charge in [-0.15, -0.1) is 0 Å². The van der Waals surface area contributed by atoms with E-state index in [2.05, 4.69) is 0 Å². The van der Waals surface area contributed by atoms with Gasteiger partial charge in [-0.2, -0.15) is 0 Å². The van der Waals surface area contributed by atoms with Crippen molar-refractivity contribution in [2.24, 2.45) is 0 Å². The number of halogens is 1. The number of nitrogens with zero attached hydrogens (tertiary/aromatic N) is 1. The van der Waals surface area contributed by atoms with Gasteiger partial charge in [0.15, 0.2) is 0 Å². The highest BCUT2D eigenvalue weighted by molar-refractivity contribution is 8.13. The standard InChI is InChI=1S/C14H18ClNO3S/c1-3-10-7-8-12(20(15,18)19)9-13(10)14(17)16(2)11-5-4-6-11/h7-9,11H,3-6H2,1-2H3. The Hall–Kier alpha value is -1.07. The van der Waals surface area contributed by atoms with E-state index in [1.54, 1.807) is 18.0 Å². The van der Waals surface area contributed by atoms with Crippen LogP contribution in [0.15, 0.2) is 23.1 Å². The van der Waals surface area contributed by atoms with Crippen molar-refractivity contribution in [1.82, 2.24) is 4.90 Å². The Morgan fingerprint density at radius 2 is 2.05 bits per heavy atom. The van der Waals surface area contributed by atoms with Gasteiger partial charge >= 0.3 is 0 Å². The van der Waals surface area contributed by atoms with E-state index in [0.717, 1.165) is 24.8 Å². The van der Waals surface area contributed by atoms with Crippen molar-refractivity contribution < 1.29 is 13.2 Å². The van der Waals surface area contributed by atoms with Gasteiger partial charge in [0.05, 0.1) is 4.90 Å². The summed E-state index contributed by atoms with van der Waals surface area (Å²) in [5.74, 6) is -0.131. The van der Waals surface area contributed by atoms with E-state index in [1.165, 1.54) is 12.1 Å². The smallest absolute Gasteiger partial charge is 0.261 e. The average molecular weight is 316 g/mol. The molecule has 0 unspecified atom stereocenters. The topological polar surface area (TPSA) is 54.5 Å². The van der Waals surface area contributed by atoms with Crippen molar-refractivity contribution in [3.05, 3.63) is 29.3 Å². The van der Waals surface area contributed by atoms with E-state index in [1.807, 2.05) is 6.92 Å². The molecule has 1 aliphatic carbocycles. The zero-order valence-electron chi connectivity index (χ0n) is 11.6. The molecule has 1 aliphatic rings. The minimum absolute atomic E-state index is 0.0262. The summed E-state index contributed by atoms with van der Waals surface area (Å²) in [6, 6.07) is 4.76. The highest BCUT2D eigenvalue weighted by Crippen LogP contribution is 2.27. The van der Waals surface area contributed by atoms with Crippen LogP contribution in [0.4, 0.5) is 0 Å². The van der Waals surface area contributed by atoms with E-state index in [-0.39, 0.29) is 16.8 Å². The predicted octanol–water partition coefficient (Wildman–Crippen LogP) is 2.80. The zero-order valence-corrected chi connectivity index (χ0v) is 13.2. The van der Waals surface area contributed by atoms with Crippen LogP contribution in [0.5, 0.6) is 0 Å². The first-order chi connectivity index (χ1) is 9.34. The lowest BCUT2D eigenvalue weighted by Gasteiger charge is -2.35. The van der Waals surface area contributed by atoms with Crippen molar-refractivity contribution in [3.63, 3.8) is 0 Å². The summed E-state index contributed by atoms with van der Waals surface area (Å²) in [6.07, 6.45) is 3.83. The van der Waals surface area contributed by atoms with Gasteiger partial charge in [-0.05, 0) is 43.4 Å². The van der Waals surface area contributed by atoms with Crippen LogP contribution in [-0.4, -0.2) is 32.3 Å². The number of rotatable bonds is 4. The van der Waals surface area contributed by atoms with E-state index >= 15 is 0 Å². The Morgan fingerprint density at radius 3 is 2.50 bits per heavy atom. The SMILES string of the molecule is CCc1ccc(S(=O)(=O)Cl)cc1C(=O)N(C)C1CCC1. The molecule has 0 saturated heterocycles. The first-order valence-electron chi connectivity index (χ1n) is 6.69. The third kappa shape index (κ3) is 2.99. The van der Waals surface area contributed by atoms with E-state index < -0.39 is 9.05 Å². The predicted molar refractivity (Wildman–Crippen MR) is 78.6 cm³/mol. The van der Waals surface area contributed by atoms with Crippen LogP contribution in [-0.2, 0) is 15.5 Å². The summed E-state index contributed by atoms with van der Waals surface area (Å²) < 4.78 is 22.8. The first-order valence-corrected chi connectivity index (χ1v) is 9.00. The number of aryl methyl sites for hydroxylation is 1. The molecule has 0 aliphatic heterocycles. The highest BCUT2D eigenvalue weighted by atomic mass is 35.7. The molecule has 2 rings (SSSR count). The van der Waals surface area contributed by atoms with Gasteiger partial charge in [0.2, 0.25) is 0 Å². The lowest BCUT2D eigenvalue weighted by Crippen LogP contribution is -2.41. The lowest BCUT2D eigenvalue weighted by atomic mass is 9.91. The van der Waals surface area contributed by atoms with Gasteiger partial charge in [0.25, 0.3) is 15.0 Å². The number of hydrogen-bond acceptors (Lipinski definition) is 3.